The highest BCUT2D eigenvalue weighted by Gasteiger charge is 2.51. The van der Waals surface area contributed by atoms with E-state index in [1.54, 1.807) is 6.92 Å². The molecule has 25 heavy (non-hydrogen) atoms. The Bertz CT molecular complexity index is 652. The van der Waals surface area contributed by atoms with Crippen molar-refractivity contribution in [2.45, 2.75) is 32.7 Å². The lowest BCUT2D eigenvalue weighted by Crippen LogP contribution is -2.59. The summed E-state index contributed by atoms with van der Waals surface area (Å²) in [4.78, 5) is 12.5. The monoisotopic (exact) mass is 360 g/mol. The van der Waals surface area contributed by atoms with Crippen molar-refractivity contribution in [3.05, 3.63) is 29.1 Å². The third-order valence-corrected chi connectivity index (χ3v) is 4.26. The molecule has 0 saturated carbocycles. The summed E-state index contributed by atoms with van der Waals surface area (Å²) in [5.41, 5.74) is -1.70. The number of Topliss-reactive ketones (excluding diaryl/α,β-unsaturated/α-hetero) is 1. The van der Waals surface area contributed by atoms with E-state index >= 15 is 0 Å². The first-order valence-electron chi connectivity index (χ1n) is 7.97. The quantitative estimate of drug-likeness (QED) is 0.727. The lowest BCUT2D eigenvalue weighted by molar-refractivity contribution is -0.462. The van der Waals surface area contributed by atoms with Crippen molar-refractivity contribution in [2.75, 3.05) is 26.4 Å². The zero-order chi connectivity index (χ0) is 18.2. The van der Waals surface area contributed by atoms with Crippen molar-refractivity contribution in [1.82, 2.24) is 0 Å². The largest absolute Gasteiger partial charge is 0.491 e. The number of halogens is 3. The Kier molecular flexibility index (Phi) is 4.78. The summed E-state index contributed by atoms with van der Waals surface area (Å²) in [7, 11) is 0. The molecule has 1 aromatic carbocycles. The highest BCUT2D eigenvalue weighted by Crippen LogP contribution is 2.41. The van der Waals surface area contributed by atoms with Gasteiger partial charge in [-0.1, -0.05) is 6.92 Å². The molecule has 3 aliphatic rings. The highest BCUT2D eigenvalue weighted by atomic mass is 19.3. The standard InChI is InChI=1S/C17H19F3O5/c1-3-22-12-5-4-10(13(14(12)18)15(19)20)11(21)6-17-23-7-16(2,8-24-17)9-25-17/h4-5,15H,3,6-9H2,1-2H3. The molecule has 4 rings (SSSR count). The number of benzene rings is 1. The van der Waals surface area contributed by atoms with Crippen LogP contribution in [0.5, 0.6) is 5.75 Å². The average Bonchev–Trinajstić information content (AvgIpc) is 2.57. The molecule has 8 heteroatoms. The van der Waals surface area contributed by atoms with Crippen LogP contribution in [0.3, 0.4) is 0 Å². The molecule has 2 bridgehead atoms. The molecule has 3 saturated heterocycles. The van der Waals surface area contributed by atoms with Gasteiger partial charge in [-0.15, -0.1) is 0 Å². The summed E-state index contributed by atoms with van der Waals surface area (Å²) in [6, 6.07) is 2.29. The van der Waals surface area contributed by atoms with Gasteiger partial charge in [-0.2, -0.15) is 0 Å². The van der Waals surface area contributed by atoms with E-state index in [0.29, 0.717) is 19.8 Å². The van der Waals surface area contributed by atoms with Gasteiger partial charge in [-0.3, -0.25) is 4.79 Å². The molecule has 138 valence electrons. The fourth-order valence-corrected chi connectivity index (χ4v) is 2.84. The third kappa shape index (κ3) is 3.38. The van der Waals surface area contributed by atoms with Gasteiger partial charge in [0.05, 0.1) is 38.4 Å². The molecular formula is C17H19F3O5. The second-order valence-corrected chi connectivity index (χ2v) is 6.53. The minimum absolute atomic E-state index is 0.115. The average molecular weight is 360 g/mol. The number of hydrogen-bond donors (Lipinski definition) is 0. The SMILES string of the molecule is CCOc1ccc(C(=O)CC23OCC(C)(CO2)CO3)c(C(F)F)c1F. The Hall–Kier alpha value is -1.64. The molecule has 0 unspecified atom stereocenters. The van der Waals surface area contributed by atoms with Gasteiger partial charge in [-0.05, 0) is 19.1 Å². The topological polar surface area (TPSA) is 54.0 Å². The third-order valence-electron chi connectivity index (χ3n) is 4.26. The van der Waals surface area contributed by atoms with Crippen molar-refractivity contribution in [2.24, 2.45) is 5.41 Å². The molecule has 0 radical (unpaired) electrons. The van der Waals surface area contributed by atoms with E-state index in [0.717, 1.165) is 12.1 Å². The Balaban J connectivity index is 1.86. The second kappa shape index (κ2) is 6.59. The number of hydrogen-bond acceptors (Lipinski definition) is 5. The number of fused-ring (bicyclic) bond motifs is 3. The lowest BCUT2D eigenvalue weighted by Gasteiger charge is -2.50. The normalized spacial score (nSPS) is 28.4. The minimum Gasteiger partial charge on any atom is -0.491 e. The Labute approximate surface area is 143 Å². The number of ketones is 1. The van der Waals surface area contributed by atoms with Crippen LogP contribution >= 0.6 is 0 Å². The van der Waals surface area contributed by atoms with Gasteiger partial charge < -0.3 is 18.9 Å². The Morgan fingerprint density at radius 2 is 1.84 bits per heavy atom. The van der Waals surface area contributed by atoms with E-state index in [-0.39, 0.29) is 17.8 Å². The van der Waals surface area contributed by atoms with Crippen molar-refractivity contribution >= 4 is 5.78 Å². The van der Waals surface area contributed by atoms with Crippen LogP contribution in [0.2, 0.25) is 0 Å². The van der Waals surface area contributed by atoms with Gasteiger partial charge in [0, 0.05) is 11.0 Å². The predicted molar refractivity (Wildman–Crippen MR) is 80.2 cm³/mol. The summed E-state index contributed by atoms with van der Waals surface area (Å²) in [6.45, 7) is 4.63. The second-order valence-electron chi connectivity index (χ2n) is 6.53. The molecule has 3 fully saturated rings. The van der Waals surface area contributed by atoms with Crippen LogP contribution in [0.15, 0.2) is 12.1 Å². The first kappa shape index (κ1) is 18.2. The summed E-state index contributed by atoms with van der Waals surface area (Å²) in [6.07, 6.45) is -3.60. The van der Waals surface area contributed by atoms with Gasteiger partial charge in [0.2, 0.25) is 0 Å². The van der Waals surface area contributed by atoms with Crippen molar-refractivity contribution < 1.29 is 36.9 Å². The van der Waals surface area contributed by atoms with Crippen LogP contribution in [0, 0.1) is 11.2 Å². The summed E-state index contributed by atoms with van der Waals surface area (Å²) in [5, 5.41) is 0. The zero-order valence-electron chi connectivity index (χ0n) is 13.9. The first-order chi connectivity index (χ1) is 11.8. The molecule has 0 spiro atoms. The highest BCUT2D eigenvalue weighted by molar-refractivity contribution is 5.98. The van der Waals surface area contributed by atoms with E-state index in [1.807, 2.05) is 6.92 Å². The van der Waals surface area contributed by atoms with Crippen molar-refractivity contribution in [3.63, 3.8) is 0 Å². The van der Waals surface area contributed by atoms with Crippen molar-refractivity contribution in [3.8, 4) is 5.75 Å². The fraction of sp³-hybridized carbons (Fsp3) is 0.588. The smallest absolute Gasteiger partial charge is 0.290 e. The van der Waals surface area contributed by atoms with Gasteiger partial charge >= 0.3 is 0 Å². The molecule has 0 N–H and O–H groups in total. The molecule has 0 aliphatic carbocycles. The van der Waals surface area contributed by atoms with E-state index in [9.17, 15) is 18.0 Å². The maximum absolute atomic E-state index is 14.3. The number of ether oxygens (including phenoxy) is 4. The predicted octanol–water partition coefficient (Wildman–Crippen LogP) is 3.47. The van der Waals surface area contributed by atoms with Crippen LogP contribution in [0.1, 0.15) is 42.6 Å². The molecule has 0 atom stereocenters. The maximum Gasteiger partial charge on any atom is 0.290 e. The Morgan fingerprint density at radius 1 is 1.24 bits per heavy atom. The lowest BCUT2D eigenvalue weighted by atomic mass is 9.91. The van der Waals surface area contributed by atoms with Crippen LogP contribution in [0.25, 0.3) is 0 Å². The number of carbonyl (C=O) groups is 1. The molecular weight excluding hydrogens is 341 g/mol. The molecule has 0 aromatic heterocycles. The van der Waals surface area contributed by atoms with Crippen LogP contribution in [-0.2, 0) is 14.2 Å². The number of rotatable bonds is 6. The van der Waals surface area contributed by atoms with Crippen LogP contribution < -0.4 is 4.74 Å². The summed E-state index contributed by atoms with van der Waals surface area (Å²) in [5.74, 6) is -3.89. The summed E-state index contributed by atoms with van der Waals surface area (Å²) >= 11 is 0. The summed E-state index contributed by atoms with van der Waals surface area (Å²) < 4.78 is 62.4. The van der Waals surface area contributed by atoms with E-state index < -0.39 is 41.5 Å². The van der Waals surface area contributed by atoms with Gasteiger partial charge in [0.25, 0.3) is 12.4 Å². The van der Waals surface area contributed by atoms with E-state index in [1.165, 1.54) is 0 Å². The van der Waals surface area contributed by atoms with Crippen LogP contribution in [0.4, 0.5) is 13.2 Å². The van der Waals surface area contributed by atoms with Crippen LogP contribution in [-0.4, -0.2) is 38.2 Å². The molecule has 0 amide bonds. The van der Waals surface area contributed by atoms with E-state index in [4.69, 9.17) is 18.9 Å². The first-order valence-corrected chi connectivity index (χ1v) is 7.97. The fourth-order valence-electron chi connectivity index (χ4n) is 2.84. The zero-order valence-corrected chi connectivity index (χ0v) is 13.9. The molecule has 5 nitrogen and oxygen atoms in total. The number of carbonyl (C=O) groups excluding carboxylic acids is 1. The van der Waals surface area contributed by atoms with Gasteiger partial charge in [0.15, 0.2) is 17.3 Å². The van der Waals surface area contributed by atoms with E-state index in [2.05, 4.69) is 0 Å². The van der Waals surface area contributed by atoms with Crippen molar-refractivity contribution in [1.29, 1.82) is 0 Å². The molecule has 3 aliphatic heterocycles. The van der Waals surface area contributed by atoms with Gasteiger partial charge in [-0.25, -0.2) is 13.2 Å². The Morgan fingerprint density at radius 3 is 2.36 bits per heavy atom. The molecule has 1 aromatic rings. The minimum atomic E-state index is -3.17. The molecule has 3 heterocycles. The van der Waals surface area contributed by atoms with Gasteiger partial charge in [0.1, 0.15) is 0 Å². The number of alkyl halides is 2. The maximum atomic E-state index is 14.3.